The number of rotatable bonds is 4. The maximum absolute atomic E-state index is 11.7. The van der Waals surface area contributed by atoms with Crippen LogP contribution in [-0.4, -0.2) is 31.8 Å². The average molecular weight is 262 g/mol. The van der Waals surface area contributed by atoms with E-state index in [1.54, 1.807) is 24.3 Å². The Kier molecular flexibility index (Phi) is 4.18. The molecule has 1 aromatic carbocycles. The lowest BCUT2D eigenvalue weighted by atomic mass is 10.2. The number of cyclic esters (lactones) is 1. The van der Waals surface area contributed by atoms with Crippen LogP contribution in [0, 0.1) is 0 Å². The number of esters is 2. The van der Waals surface area contributed by atoms with Crippen LogP contribution < -0.4 is 0 Å². The second kappa shape index (κ2) is 6.04. The van der Waals surface area contributed by atoms with Crippen molar-refractivity contribution in [3.8, 4) is 0 Å². The van der Waals surface area contributed by atoms with E-state index in [9.17, 15) is 9.59 Å². The van der Waals surface area contributed by atoms with E-state index in [0.29, 0.717) is 17.7 Å². The molecule has 0 saturated heterocycles. The molecule has 5 heteroatoms. The summed E-state index contributed by atoms with van der Waals surface area (Å²) in [5.74, 6) is -0.397. The fourth-order valence-corrected chi connectivity index (χ4v) is 1.72. The molecule has 1 heterocycles. The Balaban J connectivity index is 1.88. The predicted octanol–water partition coefficient (Wildman–Crippen LogP) is 1.69. The van der Waals surface area contributed by atoms with E-state index in [-0.39, 0.29) is 6.61 Å². The quantitative estimate of drug-likeness (QED) is 0.773. The maximum atomic E-state index is 11.7. The number of carbonyl (C=O) groups is 2. The second-order valence-corrected chi connectivity index (χ2v) is 4.04. The van der Waals surface area contributed by atoms with E-state index in [2.05, 4.69) is 0 Å². The summed E-state index contributed by atoms with van der Waals surface area (Å²) in [7, 11) is 1.48. The summed E-state index contributed by atoms with van der Waals surface area (Å²) in [5.41, 5.74) is 0.465. The fraction of sp³-hybridized carbons (Fsp3) is 0.286. The van der Waals surface area contributed by atoms with Gasteiger partial charge in [0.25, 0.3) is 0 Å². The minimum Gasteiger partial charge on any atom is -0.501 e. The van der Waals surface area contributed by atoms with Crippen molar-refractivity contribution >= 4 is 11.9 Å². The highest BCUT2D eigenvalue weighted by Gasteiger charge is 2.23. The van der Waals surface area contributed by atoms with Gasteiger partial charge >= 0.3 is 11.9 Å². The molecule has 0 fully saturated rings. The maximum Gasteiger partial charge on any atom is 0.338 e. The molecule has 19 heavy (non-hydrogen) atoms. The molecule has 1 aliphatic heterocycles. The van der Waals surface area contributed by atoms with Crippen molar-refractivity contribution in [2.45, 2.75) is 12.5 Å². The number of benzene rings is 1. The second-order valence-electron chi connectivity index (χ2n) is 4.04. The van der Waals surface area contributed by atoms with Crippen LogP contribution in [0.3, 0.4) is 0 Å². The van der Waals surface area contributed by atoms with E-state index >= 15 is 0 Å². The lowest BCUT2D eigenvalue weighted by molar-refractivity contribution is -0.147. The fourth-order valence-electron chi connectivity index (χ4n) is 1.72. The summed E-state index contributed by atoms with van der Waals surface area (Å²) < 4.78 is 15.1. The van der Waals surface area contributed by atoms with Crippen molar-refractivity contribution in [1.29, 1.82) is 0 Å². The van der Waals surface area contributed by atoms with Crippen molar-refractivity contribution in [2.24, 2.45) is 0 Å². The average Bonchev–Trinajstić information content (AvgIpc) is 2.45. The third kappa shape index (κ3) is 3.58. The van der Waals surface area contributed by atoms with Gasteiger partial charge < -0.3 is 14.2 Å². The molecule has 100 valence electrons. The Hall–Kier alpha value is -2.30. The SMILES string of the molecule is COC1=CC(=O)OC(COC(=O)c2ccccc2)C1. The van der Waals surface area contributed by atoms with Crippen LogP contribution in [0.5, 0.6) is 0 Å². The summed E-state index contributed by atoms with van der Waals surface area (Å²) in [4.78, 5) is 22.9. The lowest BCUT2D eigenvalue weighted by Gasteiger charge is -2.21. The van der Waals surface area contributed by atoms with Gasteiger partial charge in [-0.1, -0.05) is 18.2 Å². The van der Waals surface area contributed by atoms with E-state index in [1.165, 1.54) is 13.2 Å². The van der Waals surface area contributed by atoms with Gasteiger partial charge in [-0.15, -0.1) is 0 Å². The minimum atomic E-state index is -0.500. The van der Waals surface area contributed by atoms with Crippen molar-refractivity contribution in [1.82, 2.24) is 0 Å². The van der Waals surface area contributed by atoms with Gasteiger partial charge in [-0.3, -0.25) is 0 Å². The molecule has 0 N–H and O–H groups in total. The van der Waals surface area contributed by atoms with Gasteiger partial charge in [0.05, 0.1) is 18.7 Å². The Bertz CT molecular complexity index is 492. The van der Waals surface area contributed by atoms with Crippen LogP contribution in [0.1, 0.15) is 16.8 Å². The number of hydrogen-bond donors (Lipinski definition) is 0. The van der Waals surface area contributed by atoms with E-state index < -0.39 is 18.0 Å². The van der Waals surface area contributed by atoms with Gasteiger partial charge in [-0.05, 0) is 12.1 Å². The van der Waals surface area contributed by atoms with Crippen LogP contribution in [0.25, 0.3) is 0 Å². The molecule has 1 unspecified atom stereocenters. The Labute approximate surface area is 110 Å². The molecule has 0 bridgehead atoms. The molecule has 0 spiro atoms. The van der Waals surface area contributed by atoms with Gasteiger partial charge in [0, 0.05) is 6.42 Å². The molecule has 2 rings (SSSR count). The summed E-state index contributed by atoms with van der Waals surface area (Å²) >= 11 is 0. The first-order valence-electron chi connectivity index (χ1n) is 5.86. The molecular weight excluding hydrogens is 248 g/mol. The zero-order valence-electron chi connectivity index (χ0n) is 10.5. The first-order chi connectivity index (χ1) is 9.19. The molecule has 0 amide bonds. The summed E-state index contributed by atoms with van der Waals surface area (Å²) in [6, 6.07) is 8.65. The molecule has 1 atom stereocenters. The summed E-state index contributed by atoms with van der Waals surface area (Å²) in [6.45, 7) is 0.0141. The molecule has 0 saturated carbocycles. The first kappa shape index (κ1) is 13.1. The van der Waals surface area contributed by atoms with Crippen LogP contribution in [0.4, 0.5) is 0 Å². The lowest BCUT2D eigenvalue weighted by Crippen LogP contribution is -2.28. The van der Waals surface area contributed by atoms with Gasteiger partial charge in [-0.25, -0.2) is 9.59 Å². The molecule has 5 nitrogen and oxygen atoms in total. The number of ether oxygens (including phenoxy) is 3. The van der Waals surface area contributed by atoms with Crippen molar-refractivity contribution in [3.05, 3.63) is 47.7 Å². The van der Waals surface area contributed by atoms with E-state index in [4.69, 9.17) is 14.2 Å². The number of carbonyl (C=O) groups excluding carboxylic acids is 2. The zero-order valence-corrected chi connectivity index (χ0v) is 10.5. The van der Waals surface area contributed by atoms with Crippen LogP contribution in [0.15, 0.2) is 42.2 Å². The third-order valence-corrected chi connectivity index (χ3v) is 2.66. The Morgan fingerprint density at radius 2 is 2.11 bits per heavy atom. The highest BCUT2D eigenvalue weighted by molar-refractivity contribution is 5.89. The first-order valence-corrected chi connectivity index (χ1v) is 5.86. The van der Waals surface area contributed by atoms with Crippen molar-refractivity contribution in [3.63, 3.8) is 0 Å². The zero-order chi connectivity index (χ0) is 13.7. The van der Waals surface area contributed by atoms with Gasteiger partial charge in [0.15, 0.2) is 0 Å². The molecule has 0 aromatic heterocycles. The summed E-state index contributed by atoms with van der Waals surface area (Å²) in [6.07, 6.45) is 1.19. The Morgan fingerprint density at radius 3 is 2.79 bits per heavy atom. The molecule has 1 aliphatic rings. The van der Waals surface area contributed by atoms with Gasteiger partial charge in [0.2, 0.25) is 0 Å². The van der Waals surface area contributed by atoms with Gasteiger partial charge in [-0.2, -0.15) is 0 Å². The van der Waals surface area contributed by atoms with Crippen LogP contribution >= 0.6 is 0 Å². The largest absolute Gasteiger partial charge is 0.501 e. The topological polar surface area (TPSA) is 61.8 Å². The van der Waals surface area contributed by atoms with E-state index in [1.807, 2.05) is 6.07 Å². The highest BCUT2D eigenvalue weighted by atomic mass is 16.6. The van der Waals surface area contributed by atoms with Gasteiger partial charge in [0.1, 0.15) is 18.5 Å². The Morgan fingerprint density at radius 1 is 1.37 bits per heavy atom. The van der Waals surface area contributed by atoms with Crippen LogP contribution in [0.2, 0.25) is 0 Å². The monoisotopic (exact) mass is 262 g/mol. The normalized spacial score (nSPS) is 18.3. The standard InChI is InChI=1S/C14H14O5/c1-17-11-7-12(19-13(15)8-11)9-18-14(16)10-5-3-2-4-6-10/h2-6,8,12H,7,9H2,1H3. The molecule has 0 radical (unpaired) electrons. The molecule has 1 aromatic rings. The smallest absolute Gasteiger partial charge is 0.338 e. The number of hydrogen-bond acceptors (Lipinski definition) is 5. The number of methoxy groups -OCH3 is 1. The van der Waals surface area contributed by atoms with Crippen LogP contribution in [-0.2, 0) is 19.0 Å². The minimum absolute atomic E-state index is 0.0141. The van der Waals surface area contributed by atoms with E-state index in [0.717, 1.165) is 0 Å². The third-order valence-electron chi connectivity index (χ3n) is 2.66. The predicted molar refractivity (Wildman–Crippen MR) is 66.3 cm³/mol. The summed E-state index contributed by atoms with van der Waals surface area (Å²) in [5, 5.41) is 0. The van der Waals surface area contributed by atoms with Crippen molar-refractivity contribution < 1.29 is 23.8 Å². The highest BCUT2D eigenvalue weighted by Crippen LogP contribution is 2.16. The van der Waals surface area contributed by atoms with Crippen molar-refractivity contribution in [2.75, 3.05) is 13.7 Å². The molecule has 0 aliphatic carbocycles. The molecular formula is C14H14O5.